The molecule has 0 spiro atoms. The lowest BCUT2D eigenvalue weighted by molar-refractivity contribution is -0.122. The predicted molar refractivity (Wildman–Crippen MR) is 67.5 cm³/mol. The van der Waals surface area contributed by atoms with Crippen molar-refractivity contribution in [3.8, 4) is 0 Å². The molecular weight excluding hydrogens is 216 g/mol. The van der Waals surface area contributed by atoms with Crippen LogP contribution in [0.15, 0.2) is 30.3 Å². The third-order valence-corrected chi connectivity index (χ3v) is 2.52. The lowest BCUT2D eigenvalue weighted by Gasteiger charge is -2.16. The van der Waals surface area contributed by atoms with Crippen molar-refractivity contribution in [3.05, 3.63) is 35.9 Å². The topological polar surface area (TPSA) is 75.4 Å². The molecule has 0 fully saturated rings. The van der Waals surface area contributed by atoms with Gasteiger partial charge in [0.2, 0.25) is 5.91 Å². The second-order valence-corrected chi connectivity index (χ2v) is 4.03. The van der Waals surface area contributed by atoms with E-state index in [1.165, 1.54) is 0 Å². The zero-order valence-electron chi connectivity index (χ0n) is 9.93. The number of amides is 1. The van der Waals surface area contributed by atoms with Gasteiger partial charge < -0.3 is 16.2 Å². The normalized spacial score (nSPS) is 12.1. The second-order valence-electron chi connectivity index (χ2n) is 4.03. The van der Waals surface area contributed by atoms with E-state index in [-0.39, 0.29) is 18.6 Å². The van der Waals surface area contributed by atoms with Crippen molar-refractivity contribution < 1.29 is 9.90 Å². The number of aliphatic hydroxyl groups excluding tert-OH is 1. The molecule has 0 aromatic heterocycles. The van der Waals surface area contributed by atoms with Gasteiger partial charge in [-0.2, -0.15) is 0 Å². The van der Waals surface area contributed by atoms with Crippen molar-refractivity contribution in [1.82, 2.24) is 5.32 Å². The first-order valence-electron chi connectivity index (χ1n) is 5.90. The first-order valence-corrected chi connectivity index (χ1v) is 5.90. The number of nitrogens with two attached hydrogens (primary N) is 1. The number of nitrogens with one attached hydrogen (secondary N) is 1. The zero-order chi connectivity index (χ0) is 12.5. The molecule has 1 atom stereocenters. The molecule has 0 radical (unpaired) electrons. The molecule has 1 aromatic carbocycles. The Hall–Kier alpha value is -1.39. The van der Waals surface area contributed by atoms with E-state index in [0.717, 1.165) is 5.56 Å². The summed E-state index contributed by atoms with van der Waals surface area (Å²) in [5.41, 5.74) is 6.44. The zero-order valence-corrected chi connectivity index (χ0v) is 9.93. The van der Waals surface area contributed by atoms with Crippen LogP contribution < -0.4 is 11.1 Å². The van der Waals surface area contributed by atoms with Crippen molar-refractivity contribution in [2.45, 2.75) is 25.3 Å². The van der Waals surface area contributed by atoms with Gasteiger partial charge in [0.25, 0.3) is 0 Å². The standard InChI is InChI=1S/C13H20N2O2/c14-8-4-7-13(17)15-12(10-16)9-11-5-2-1-3-6-11/h1-3,5-6,12,16H,4,7-10,14H2,(H,15,17). The molecule has 0 aliphatic carbocycles. The molecule has 0 aliphatic rings. The molecule has 4 N–H and O–H groups in total. The molecule has 0 saturated carbocycles. The fraction of sp³-hybridized carbons (Fsp3) is 0.462. The third kappa shape index (κ3) is 5.47. The molecule has 4 nitrogen and oxygen atoms in total. The van der Waals surface area contributed by atoms with Gasteiger partial charge in [0.15, 0.2) is 0 Å². The Morgan fingerprint density at radius 3 is 2.65 bits per heavy atom. The van der Waals surface area contributed by atoms with Gasteiger partial charge >= 0.3 is 0 Å². The minimum Gasteiger partial charge on any atom is -0.394 e. The number of hydrogen-bond donors (Lipinski definition) is 3. The molecule has 94 valence electrons. The Kier molecular flexibility index (Phi) is 6.29. The predicted octanol–water partition coefficient (Wildman–Crippen LogP) is 0.445. The molecule has 0 saturated heterocycles. The van der Waals surface area contributed by atoms with Crippen LogP contribution in [0.2, 0.25) is 0 Å². The summed E-state index contributed by atoms with van der Waals surface area (Å²) in [4.78, 5) is 11.5. The quantitative estimate of drug-likeness (QED) is 0.643. The van der Waals surface area contributed by atoms with E-state index < -0.39 is 0 Å². The average molecular weight is 236 g/mol. The van der Waals surface area contributed by atoms with Crippen LogP contribution in [0.5, 0.6) is 0 Å². The van der Waals surface area contributed by atoms with Gasteiger partial charge in [-0.05, 0) is 24.9 Å². The first-order chi connectivity index (χ1) is 8.26. The minimum atomic E-state index is -0.220. The van der Waals surface area contributed by atoms with E-state index in [1.807, 2.05) is 30.3 Å². The summed E-state index contributed by atoms with van der Waals surface area (Å²) in [5, 5.41) is 12.0. The lowest BCUT2D eigenvalue weighted by atomic mass is 10.1. The molecule has 17 heavy (non-hydrogen) atoms. The SMILES string of the molecule is NCCCC(=O)NC(CO)Cc1ccccc1. The van der Waals surface area contributed by atoms with Crippen LogP contribution in [0.1, 0.15) is 18.4 Å². The number of carbonyl (C=O) groups is 1. The van der Waals surface area contributed by atoms with E-state index in [9.17, 15) is 9.90 Å². The van der Waals surface area contributed by atoms with Crippen LogP contribution in [0.4, 0.5) is 0 Å². The Labute approximate surface area is 102 Å². The first kappa shape index (κ1) is 13.7. The van der Waals surface area contributed by atoms with Crippen molar-refractivity contribution in [1.29, 1.82) is 0 Å². The number of aliphatic hydroxyl groups is 1. The van der Waals surface area contributed by atoms with Crippen LogP contribution in [0.3, 0.4) is 0 Å². The third-order valence-electron chi connectivity index (χ3n) is 2.52. The average Bonchev–Trinajstić information content (AvgIpc) is 2.36. The summed E-state index contributed by atoms with van der Waals surface area (Å²) in [6.07, 6.45) is 1.74. The number of carbonyl (C=O) groups excluding carboxylic acids is 1. The maximum atomic E-state index is 11.5. The van der Waals surface area contributed by atoms with E-state index in [4.69, 9.17) is 5.73 Å². The Morgan fingerprint density at radius 1 is 1.35 bits per heavy atom. The van der Waals surface area contributed by atoms with Crippen LogP contribution in [-0.2, 0) is 11.2 Å². The Morgan fingerprint density at radius 2 is 2.06 bits per heavy atom. The molecule has 4 heteroatoms. The Balaban J connectivity index is 2.41. The van der Waals surface area contributed by atoms with Gasteiger partial charge in [0.05, 0.1) is 12.6 Å². The monoisotopic (exact) mass is 236 g/mol. The maximum absolute atomic E-state index is 11.5. The highest BCUT2D eigenvalue weighted by molar-refractivity contribution is 5.76. The van der Waals surface area contributed by atoms with Gasteiger partial charge in [-0.1, -0.05) is 30.3 Å². The van der Waals surface area contributed by atoms with Crippen molar-refractivity contribution in [2.24, 2.45) is 5.73 Å². The van der Waals surface area contributed by atoms with Gasteiger partial charge in [-0.25, -0.2) is 0 Å². The molecular formula is C13H20N2O2. The van der Waals surface area contributed by atoms with Crippen LogP contribution in [0, 0.1) is 0 Å². The molecule has 1 rings (SSSR count). The van der Waals surface area contributed by atoms with Crippen molar-refractivity contribution in [2.75, 3.05) is 13.2 Å². The van der Waals surface area contributed by atoms with Gasteiger partial charge in [0, 0.05) is 6.42 Å². The molecule has 0 heterocycles. The maximum Gasteiger partial charge on any atom is 0.220 e. The molecule has 0 aliphatic heterocycles. The fourth-order valence-electron chi connectivity index (χ4n) is 1.62. The summed E-state index contributed by atoms with van der Waals surface area (Å²) in [7, 11) is 0. The van der Waals surface area contributed by atoms with Crippen molar-refractivity contribution in [3.63, 3.8) is 0 Å². The number of benzene rings is 1. The minimum absolute atomic E-state index is 0.0505. The van der Waals surface area contributed by atoms with Crippen molar-refractivity contribution >= 4 is 5.91 Å². The summed E-state index contributed by atoms with van der Waals surface area (Å²) in [6.45, 7) is 0.457. The molecule has 0 bridgehead atoms. The molecule has 1 amide bonds. The number of rotatable bonds is 7. The highest BCUT2D eigenvalue weighted by Crippen LogP contribution is 2.03. The van der Waals surface area contributed by atoms with E-state index in [2.05, 4.69) is 5.32 Å². The largest absolute Gasteiger partial charge is 0.394 e. The highest BCUT2D eigenvalue weighted by Gasteiger charge is 2.11. The van der Waals surface area contributed by atoms with Gasteiger partial charge in [0.1, 0.15) is 0 Å². The summed E-state index contributed by atoms with van der Waals surface area (Å²) in [6, 6.07) is 9.57. The van der Waals surface area contributed by atoms with E-state index >= 15 is 0 Å². The lowest BCUT2D eigenvalue weighted by Crippen LogP contribution is -2.39. The fourth-order valence-corrected chi connectivity index (χ4v) is 1.62. The highest BCUT2D eigenvalue weighted by atomic mass is 16.3. The molecule has 1 aromatic rings. The van der Waals surface area contributed by atoms with Gasteiger partial charge in [-0.15, -0.1) is 0 Å². The van der Waals surface area contributed by atoms with Crippen LogP contribution in [-0.4, -0.2) is 30.2 Å². The number of hydrogen-bond acceptors (Lipinski definition) is 3. The summed E-state index contributed by atoms with van der Waals surface area (Å²) < 4.78 is 0. The van der Waals surface area contributed by atoms with E-state index in [0.29, 0.717) is 25.8 Å². The van der Waals surface area contributed by atoms with E-state index in [1.54, 1.807) is 0 Å². The van der Waals surface area contributed by atoms with Crippen LogP contribution in [0.25, 0.3) is 0 Å². The smallest absolute Gasteiger partial charge is 0.220 e. The Bertz CT molecular complexity index is 327. The summed E-state index contributed by atoms with van der Waals surface area (Å²) in [5.74, 6) is -0.0505. The second kappa shape index (κ2) is 7.81. The summed E-state index contributed by atoms with van der Waals surface area (Å²) >= 11 is 0. The molecule has 1 unspecified atom stereocenters. The van der Waals surface area contributed by atoms with Gasteiger partial charge in [-0.3, -0.25) is 4.79 Å². The van der Waals surface area contributed by atoms with Crippen LogP contribution >= 0.6 is 0 Å².